The van der Waals surface area contributed by atoms with E-state index < -0.39 is 0 Å². The second-order valence-electron chi connectivity index (χ2n) is 8.88. The molecule has 8 nitrogen and oxygen atoms in total. The van der Waals surface area contributed by atoms with Crippen LogP contribution in [0.5, 0.6) is 5.75 Å². The number of benzene rings is 2. The first kappa shape index (κ1) is 26.3. The van der Waals surface area contributed by atoms with E-state index in [0.717, 1.165) is 34.3 Å². The highest BCUT2D eigenvalue weighted by molar-refractivity contribution is 6.31. The molecule has 0 saturated heterocycles. The Morgan fingerprint density at radius 3 is 2.87 bits per heavy atom. The number of carbonyl (C=O) groups excluding carboxylic acids is 1. The van der Waals surface area contributed by atoms with Gasteiger partial charge in [0, 0.05) is 34.4 Å². The number of nitrogens with one attached hydrogen (secondary N) is 1. The lowest BCUT2D eigenvalue weighted by atomic mass is 10.1. The summed E-state index contributed by atoms with van der Waals surface area (Å²) in [5, 5.41) is 13.4. The van der Waals surface area contributed by atoms with Crippen LogP contribution in [0.3, 0.4) is 0 Å². The molecular formula is C30H28ClN5O3. The second-order valence-corrected chi connectivity index (χ2v) is 9.32. The van der Waals surface area contributed by atoms with Crippen molar-refractivity contribution in [2.45, 2.75) is 19.6 Å². The predicted octanol–water partition coefficient (Wildman–Crippen LogP) is 5.81. The largest absolute Gasteiger partial charge is 0.492 e. The summed E-state index contributed by atoms with van der Waals surface area (Å²) in [7, 11) is 0. The van der Waals surface area contributed by atoms with Gasteiger partial charge in [-0.3, -0.25) is 9.78 Å². The van der Waals surface area contributed by atoms with E-state index in [1.54, 1.807) is 41.2 Å². The van der Waals surface area contributed by atoms with Crippen LogP contribution >= 0.6 is 11.6 Å². The van der Waals surface area contributed by atoms with Gasteiger partial charge in [0.25, 0.3) is 0 Å². The summed E-state index contributed by atoms with van der Waals surface area (Å²) < 4.78 is 13.3. The Hall–Kier alpha value is -4.27. The minimum Gasteiger partial charge on any atom is -0.492 e. The number of ether oxygens (including phenoxy) is 2. The monoisotopic (exact) mass is 541 g/mol. The lowest BCUT2D eigenvalue weighted by molar-refractivity contribution is 0.104. The van der Waals surface area contributed by atoms with Crippen molar-refractivity contribution in [2.24, 2.45) is 0 Å². The standard InChI is InChI=1S/C30H28ClN5O3/c31-24-8-11-27-28(13-14-32-29(27)19-24)33-15-17-38-21-25-20-36(35-34-25)16-18-39-26-9-6-23(7-10-26)30(37)12-5-22-3-1-2-4-22/h1,3-14,19-20H,2,15-18,21H2,(H,32,33)/b12-5+. The van der Waals surface area contributed by atoms with Crippen LogP contribution in [-0.4, -0.2) is 45.5 Å². The van der Waals surface area contributed by atoms with Crippen molar-refractivity contribution in [3.8, 4) is 5.75 Å². The van der Waals surface area contributed by atoms with E-state index in [4.69, 9.17) is 21.1 Å². The van der Waals surface area contributed by atoms with Gasteiger partial charge in [-0.15, -0.1) is 5.10 Å². The topological polar surface area (TPSA) is 91.2 Å². The maximum atomic E-state index is 12.3. The molecule has 0 bridgehead atoms. The van der Waals surface area contributed by atoms with E-state index in [1.165, 1.54) is 0 Å². The number of anilines is 1. The highest BCUT2D eigenvalue weighted by atomic mass is 35.5. The molecule has 0 amide bonds. The third-order valence-electron chi connectivity index (χ3n) is 6.06. The lowest BCUT2D eigenvalue weighted by Crippen LogP contribution is -2.10. The van der Waals surface area contributed by atoms with Gasteiger partial charge in [0.1, 0.15) is 18.1 Å². The van der Waals surface area contributed by atoms with Gasteiger partial charge in [0.05, 0.1) is 31.5 Å². The van der Waals surface area contributed by atoms with Crippen LogP contribution in [-0.2, 0) is 17.9 Å². The Labute approximate surface area is 231 Å². The first-order chi connectivity index (χ1) is 19.1. The number of hydrogen-bond donors (Lipinski definition) is 1. The molecule has 39 heavy (non-hydrogen) atoms. The highest BCUT2D eigenvalue weighted by Gasteiger charge is 2.06. The number of fused-ring (bicyclic) bond motifs is 1. The van der Waals surface area contributed by atoms with E-state index >= 15 is 0 Å². The van der Waals surface area contributed by atoms with E-state index in [-0.39, 0.29) is 5.78 Å². The Morgan fingerprint density at radius 2 is 2.03 bits per heavy atom. The van der Waals surface area contributed by atoms with Gasteiger partial charge in [-0.05, 0) is 66.6 Å². The quantitative estimate of drug-likeness (QED) is 0.130. The zero-order valence-corrected chi connectivity index (χ0v) is 22.1. The van der Waals surface area contributed by atoms with E-state index in [2.05, 4.69) is 32.8 Å². The molecule has 2 aromatic heterocycles. The van der Waals surface area contributed by atoms with Crippen molar-refractivity contribution in [1.82, 2.24) is 20.0 Å². The fourth-order valence-electron chi connectivity index (χ4n) is 4.06. The van der Waals surface area contributed by atoms with Gasteiger partial charge >= 0.3 is 0 Å². The Bertz CT molecular complexity index is 1530. The third kappa shape index (κ3) is 7.40. The predicted molar refractivity (Wildman–Crippen MR) is 152 cm³/mol. The maximum absolute atomic E-state index is 12.3. The zero-order valence-electron chi connectivity index (χ0n) is 21.3. The number of halogens is 1. The van der Waals surface area contributed by atoms with Crippen molar-refractivity contribution < 1.29 is 14.3 Å². The van der Waals surface area contributed by atoms with Crippen molar-refractivity contribution in [1.29, 1.82) is 0 Å². The van der Waals surface area contributed by atoms with Gasteiger partial charge < -0.3 is 14.8 Å². The van der Waals surface area contributed by atoms with Crippen molar-refractivity contribution >= 4 is 34.0 Å². The third-order valence-corrected chi connectivity index (χ3v) is 6.29. The van der Waals surface area contributed by atoms with Gasteiger partial charge in [-0.25, -0.2) is 4.68 Å². The summed E-state index contributed by atoms with van der Waals surface area (Å²) in [5.74, 6) is 0.658. The smallest absolute Gasteiger partial charge is 0.185 e. The Morgan fingerprint density at radius 1 is 1.13 bits per heavy atom. The average molecular weight is 542 g/mol. The first-order valence-electron chi connectivity index (χ1n) is 12.7. The maximum Gasteiger partial charge on any atom is 0.185 e. The molecule has 0 saturated carbocycles. The summed E-state index contributed by atoms with van der Waals surface area (Å²) in [4.78, 5) is 16.7. The molecule has 0 radical (unpaired) electrons. The number of aromatic nitrogens is 4. The summed E-state index contributed by atoms with van der Waals surface area (Å²) >= 11 is 6.06. The summed E-state index contributed by atoms with van der Waals surface area (Å²) in [6.07, 6.45) is 14.1. The second kappa shape index (κ2) is 13.0. The molecule has 1 aliphatic carbocycles. The Kier molecular flexibility index (Phi) is 8.78. The van der Waals surface area contributed by atoms with Crippen molar-refractivity contribution in [2.75, 3.05) is 25.1 Å². The molecule has 5 rings (SSSR count). The van der Waals surface area contributed by atoms with Crippen LogP contribution in [0.15, 0.2) is 96.9 Å². The highest BCUT2D eigenvalue weighted by Crippen LogP contribution is 2.24. The summed E-state index contributed by atoms with van der Waals surface area (Å²) in [5.41, 5.74) is 4.26. The van der Waals surface area contributed by atoms with Crippen LogP contribution in [0.2, 0.25) is 5.02 Å². The van der Waals surface area contributed by atoms with Gasteiger partial charge in [0.2, 0.25) is 0 Å². The van der Waals surface area contributed by atoms with E-state index in [9.17, 15) is 4.79 Å². The van der Waals surface area contributed by atoms with Gasteiger partial charge in [0.15, 0.2) is 5.78 Å². The van der Waals surface area contributed by atoms with Gasteiger partial charge in [-0.1, -0.05) is 41.1 Å². The van der Waals surface area contributed by atoms with Crippen LogP contribution in [0.1, 0.15) is 22.5 Å². The van der Waals surface area contributed by atoms with E-state index in [1.807, 2.05) is 42.6 Å². The molecule has 1 aliphatic rings. The SMILES string of the molecule is O=C(/C=C/C1=CCC=C1)c1ccc(OCCn2cc(COCCNc3ccnc4cc(Cl)ccc34)nn2)cc1. The molecule has 0 aliphatic heterocycles. The number of carbonyl (C=O) groups is 1. The first-order valence-corrected chi connectivity index (χ1v) is 13.1. The fourth-order valence-corrected chi connectivity index (χ4v) is 4.23. The number of rotatable bonds is 13. The van der Waals surface area contributed by atoms with E-state index in [0.29, 0.717) is 49.2 Å². The zero-order chi connectivity index (χ0) is 26.9. The normalized spacial score (nSPS) is 12.8. The number of ketones is 1. The molecule has 0 unspecified atom stereocenters. The Balaban J connectivity index is 1.00. The van der Waals surface area contributed by atoms with Crippen LogP contribution in [0.4, 0.5) is 5.69 Å². The molecule has 2 heterocycles. The van der Waals surface area contributed by atoms with Crippen LogP contribution < -0.4 is 10.1 Å². The minimum atomic E-state index is -0.0351. The number of pyridine rings is 1. The molecular weight excluding hydrogens is 514 g/mol. The lowest BCUT2D eigenvalue weighted by Gasteiger charge is -2.09. The molecule has 0 fully saturated rings. The summed E-state index contributed by atoms with van der Waals surface area (Å²) in [6, 6.07) is 14.7. The minimum absolute atomic E-state index is 0.0351. The molecule has 1 N–H and O–H groups in total. The van der Waals surface area contributed by atoms with Crippen molar-refractivity contribution in [3.05, 3.63) is 113 Å². The van der Waals surface area contributed by atoms with Crippen LogP contribution in [0.25, 0.3) is 10.9 Å². The summed E-state index contributed by atoms with van der Waals surface area (Å²) in [6.45, 7) is 2.48. The molecule has 0 atom stereocenters. The molecule has 2 aromatic carbocycles. The number of allylic oxidation sites excluding steroid dienone is 6. The molecule has 0 spiro atoms. The molecule has 198 valence electrons. The van der Waals surface area contributed by atoms with Crippen LogP contribution in [0, 0.1) is 0 Å². The number of hydrogen-bond acceptors (Lipinski definition) is 7. The molecule has 9 heteroatoms. The van der Waals surface area contributed by atoms with Crippen molar-refractivity contribution in [3.63, 3.8) is 0 Å². The number of nitrogens with zero attached hydrogens (tertiary/aromatic N) is 4. The fraction of sp³-hybridized carbons (Fsp3) is 0.200. The van der Waals surface area contributed by atoms with Gasteiger partial charge in [-0.2, -0.15) is 0 Å². The average Bonchev–Trinajstić information content (AvgIpc) is 3.64. The molecule has 4 aromatic rings.